The third-order valence-corrected chi connectivity index (χ3v) is 4.77. The molecular weight excluding hydrogens is 316 g/mol. The molecule has 0 fully saturated rings. The molecule has 2 atom stereocenters. The lowest BCUT2D eigenvalue weighted by Gasteiger charge is -2.29. The second kappa shape index (κ2) is 6.69. The van der Waals surface area contributed by atoms with E-state index in [0.29, 0.717) is 6.42 Å². The Morgan fingerprint density at radius 3 is 2.64 bits per heavy atom. The Morgan fingerprint density at radius 1 is 1.24 bits per heavy atom. The molecule has 130 valence electrons. The van der Waals surface area contributed by atoms with Gasteiger partial charge in [0, 0.05) is 12.8 Å². The topological polar surface area (TPSA) is 67.4 Å². The minimum atomic E-state index is -1.07. The van der Waals surface area contributed by atoms with Crippen LogP contribution >= 0.6 is 0 Å². The lowest BCUT2D eigenvalue weighted by Crippen LogP contribution is -2.44. The van der Waals surface area contributed by atoms with E-state index in [9.17, 15) is 9.59 Å². The van der Waals surface area contributed by atoms with Crippen LogP contribution in [0, 0.1) is 0 Å². The van der Waals surface area contributed by atoms with Crippen molar-refractivity contribution in [1.29, 1.82) is 0 Å². The van der Waals surface area contributed by atoms with Gasteiger partial charge in [-0.1, -0.05) is 42.5 Å². The van der Waals surface area contributed by atoms with Gasteiger partial charge in [-0.05, 0) is 36.6 Å². The third-order valence-electron chi connectivity index (χ3n) is 4.77. The van der Waals surface area contributed by atoms with E-state index in [1.165, 1.54) is 7.11 Å². The summed E-state index contributed by atoms with van der Waals surface area (Å²) < 4.78 is 5.54. The monoisotopic (exact) mass is 338 g/mol. The van der Waals surface area contributed by atoms with Crippen molar-refractivity contribution in [1.82, 2.24) is 5.32 Å². The van der Waals surface area contributed by atoms with E-state index in [1.54, 1.807) is 6.92 Å². The fourth-order valence-corrected chi connectivity index (χ4v) is 3.03. The highest BCUT2D eigenvalue weighted by Crippen LogP contribution is 2.29. The molecule has 1 heterocycles. The fraction of sp³-hybridized carbons (Fsp3) is 0.300. The smallest absolute Gasteiger partial charge is 0.257 e. The fourth-order valence-electron chi connectivity index (χ4n) is 3.03. The van der Waals surface area contributed by atoms with E-state index in [-0.39, 0.29) is 17.9 Å². The van der Waals surface area contributed by atoms with Gasteiger partial charge in [0.05, 0.1) is 12.5 Å². The maximum Gasteiger partial charge on any atom is 0.257 e. The van der Waals surface area contributed by atoms with Gasteiger partial charge < -0.3 is 15.4 Å². The quantitative estimate of drug-likeness (QED) is 0.881. The molecule has 0 aromatic heterocycles. The normalized spacial score (nSPS) is 16.5. The summed E-state index contributed by atoms with van der Waals surface area (Å²) in [5.74, 6) is -0.205. The Balaban J connectivity index is 1.78. The van der Waals surface area contributed by atoms with Crippen LogP contribution in [0.3, 0.4) is 0 Å². The number of hydrogen-bond donors (Lipinski definition) is 2. The van der Waals surface area contributed by atoms with Gasteiger partial charge in [0.25, 0.3) is 5.91 Å². The van der Waals surface area contributed by atoms with Gasteiger partial charge in [0.1, 0.15) is 0 Å². The molecule has 0 radical (unpaired) electrons. The minimum Gasteiger partial charge on any atom is -0.364 e. The molecule has 5 nitrogen and oxygen atoms in total. The van der Waals surface area contributed by atoms with E-state index in [1.807, 2.05) is 55.5 Å². The average Bonchev–Trinajstić information content (AvgIpc) is 3.00. The number of benzene rings is 2. The highest BCUT2D eigenvalue weighted by Gasteiger charge is 2.36. The number of ether oxygens (including phenoxy) is 1. The Hall–Kier alpha value is -2.66. The first-order valence-corrected chi connectivity index (χ1v) is 8.28. The predicted octanol–water partition coefficient (Wildman–Crippen LogP) is 2.92. The standard InChI is InChI=1S/C20H22N2O3/c1-13(14-9-10-17-15(11-14)12-18(23)22-17)21-19(24)20(2,25-3)16-7-5-4-6-8-16/h4-11,13H,12H2,1-3H3,(H,21,24)(H,22,23)/t13-,20-/m1/s1. The molecule has 3 rings (SSSR count). The van der Waals surface area contributed by atoms with E-state index >= 15 is 0 Å². The highest BCUT2D eigenvalue weighted by molar-refractivity contribution is 5.99. The zero-order valence-corrected chi connectivity index (χ0v) is 14.6. The molecule has 0 bridgehead atoms. The number of nitrogens with one attached hydrogen (secondary N) is 2. The zero-order chi connectivity index (χ0) is 18.0. The van der Waals surface area contributed by atoms with E-state index in [0.717, 1.165) is 22.4 Å². The van der Waals surface area contributed by atoms with Crippen LogP contribution in [-0.2, 0) is 26.3 Å². The van der Waals surface area contributed by atoms with Crippen LogP contribution in [0.4, 0.5) is 5.69 Å². The van der Waals surface area contributed by atoms with Crippen molar-refractivity contribution in [2.24, 2.45) is 0 Å². The Labute approximate surface area is 147 Å². The molecular formula is C20H22N2O3. The summed E-state index contributed by atoms with van der Waals surface area (Å²) in [6, 6.07) is 15.0. The molecule has 2 aromatic rings. The summed E-state index contributed by atoms with van der Waals surface area (Å²) in [5.41, 5.74) is 2.49. The second-order valence-electron chi connectivity index (χ2n) is 6.44. The van der Waals surface area contributed by atoms with Crippen molar-refractivity contribution < 1.29 is 14.3 Å². The number of methoxy groups -OCH3 is 1. The lowest BCUT2D eigenvalue weighted by molar-refractivity contribution is -0.143. The molecule has 0 saturated heterocycles. The predicted molar refractivity (Wildman–Crippen MR) is 96.1 cm³/mol. The maximum atomic E-state index is 12.9. The van der Waals surface area contributed by atoms with Gasteiger partial charge in [0.2, 0.25) is 5.91 Å². The highest BCUT2D eigenvalue weighted by atomic mass is 16.5. The molecule has 0 unspecified atom stereocenters. The summed E-state index contributed by atoms with van der Waals surface area (Å²) in [6.45, 7) is 3.68. The van der Waals surface area contributed by atoms with Gasteiger partial charge in [-0.2, -0.15) is 0 Å². The largest absolute Gasteiger partial charge is 0.364 e. The minimum absolute atomic E-state index is 0.000116. The van der Waals surface area contributed by atoms with Crippen molar-refractivity contribution in [3.05, 3.63) is 65.2 Å². The molecule has 5 heteroatoms. The van der Waals surface area contributed by atoms with Gasteiger partial charge in [-0.25, -0.2) is 0 Å². The average molecular weight is 338 g/mol. The lowest BCUT2D eigenvalue weighted by atomic mass is 9.94. The van der Waals surface area contributed by atoms with Crippen LogP contribution in [0.25, 0.3) is 0 Å². The first-order chi connectivity index (χ1) is 11.9. The van der Waals surface area contributed by atoms with Crippen molar-refractivity contribution in [2.45, 2.75) is 31.9 Å². The van der Waals surface area contributed by atoms with Crippen LogP contribution in [0.1, 0.15) is 36.6 Å². The molecule has 1 aliphatic rings. The van der Waals surface area contributed by atoms with Crippen LogP contribution in [0.15, 0.2) is 48.5 Å². The molecule has 2 aromatic carbocycles. The maximum absolute atomic E-state index is 12.9. The number of carbonyl (C=O) groups is 2. The van der Waals surface area contributed by atoms with Crippen LogP contribution < -0.4 is 10.6 Å². The van der Waals surface area contributed by atoms with Gasteiger partial charge in [-0.15, -0.1) is 0 Å². The second-order valence-corrected chi connectivity index (χ2v) is 6.44. The summed E-state index contributed by atoms with van der Waals surface area (Å²) in [7, 11) is 1.53. The summed E-state index contributed by atoms with van der Waals surface area (Å²) in [4.78, 5) is 24.4. The Bertz CT molecular complexity index is 804. The Morgan fingerprint density at radius 2 is 1.96 bits per heavy atom. The molecule has 0 spiro atoms. The van der Waals surface area contributed by atoms with Crippen LogP contribution in [-0.4, -0.2) is 18.9 Å². The van der Waals surface area contributed by atoms with Gasteiger partial charge >= 0.3 is 0 Å². The molecule has 2 amide bonds. The summed E-state index contributed by atoms with van der Waals surface area (Å²) in [5, 5.41) is 5.83. The van der Waals surface area contributed by atoms with Crippen molar-refractivity contribution in [3.8, 4) is 0 Å². The van der Waals surface area contributed by atoms with E-state index < -0.39 is 5.60 Å². The first-order valence-electron chi connectivity index (χ1n) is 8.28. The summed E-state index contributed by atoms with van der Waals surface area (Å²) >= 11 is 0. The Kier molecular flexibility index (Phi) is 4.59. The van der Waals surface area contributed by atoms with E-state index in [2.05, 4.69) is 10.6 Å². The zero-order valence-electron chi connectivity index (χ0n) is 14.6. The van der Waals surface area contributed by atoms with Crippen molar-refractivity contribution in [2.75, 3.05) is 12.4 Å². The van der Waals surface area contributed by atoms with Gasteiger partial charge in [0.15, 0.2) is 5.60 Å². The number of hydrogen-bond acceptors (Lipinski definition) is 3. The number of fused-ring (bicyclic) bond motifs is 1. The summed E-state index contributed by atoms with van der Waals surface area (Å²) in [6.07, 6.45) is 0.379. The van der Waals surface area contributed by atoms with E-state index in [4.69, 9.17) is 4.74 Å². The SMILES string of the molecule is CO[C@@](C)(C(=O)N[C@H](C)c1ccc2c(c1)CC(=O)N2)c1ccccc1. The molecule has 25 heavy (non-hydrogen) atoms. The molecule has 2 N–H and O–H groups in total. The van der Waals surface area contributed by atoms with Crippen LogP contribution in [0.2, 0.25) is 0 Å². The number of rotatable bonds is 5. The number of amides is 2. The third kappa shape index (κ3) is 3.28. The van der Waals surface area contributed by atoms with Crippen LogP contribution in [0.5, 0.6) is 0 Å². The first kappa shape index (κ1) is 17.2. The molecule has 1 aliphatic heterocycles. The number of carbonyl (C=O) groups excluding carboxylic acids is 2. The van der Waals surface area contributed by atoms with Crippen molar-refractivity contribution in [3.63, 3.8) is 0 Å². The molecule has 0 aliphatic carbocycles. The molecule has 0 saturated carbocycles. The van der Waals surface area contributed by atoms with Gasteiger partial charge in [-0.3, -0.25) is 9.59 Å². The van der Waals surface area contributed by atoms with Crippen molar-refractivity contribution >= 4 is 17.5 Å². The number of anilines is 1.